The first-order valence-electron chi connectivity index (χ1n) is 18.9. The number of carbonyl (C=O) groups excluding carboxylic acids is 3. The van der Waals surface area contributed by atoms with Crippen LogP contribution in [0.15, 0.2) is 34.9 Å². The van der Waals surface area contributed by atoms with E-state index in [1.807, 2.05) is 0 Å². The minimum Gasteiger partial charge on any atom is -0.748 e. The number of unbranched alkanes of at least 4 members (excludes halogenated alkanes) is 4. The molecule has 2 heterocycles. The van der Waals surface area contributed by atoms with Crippen LogP contribution >= 0.6 is 11.8 Å². The van der Waals surface area contributed by atoms with Crippen LogP contribution in [0.25, 0.3) is 0 Å². The summed E-state index contributed by atoms with van der Waals surface area (Å²) in [7, 11) is -4.49. The largest absolute Gasteiger partial charge is 0.748 e. The Hall–Kier alpha value is -3.05. The summed E-state index contributed by atoms with van der Waals surface area (Å²) in [5, 5.41) is 23.1. The average Bonchev–Trinajstić information content (AvgIpc) is 3.35. The van der Waals surface area contributed by atoms with Crippen LogP contribution in [0.2, 0.25) is 0 Å². The number of nitro benzene ring substituents is 1. The molecule has 1 fully saturated rings. The first-order chi connectivity index (χ1) is 25.1. The summed E-state index contributed by atoms with van der Waals surface area (Å²) in [5.74, 6) is -3.97. The van der Waals surface area contributed by atoms with Crippen LogP contribution in [-0.2, 0) is 35.8 Å². The van der Waals surface area contributed by atoms with Gasteiger partial charge in [0.05, 0.1) is 70.8 Å². The lowest BCUT2D eigenvalue weighted by Crippen LogP contribution is -2.63. The number of hydrogen-bond acceptors (Lipinski definition) is 11. The summed E-state index contributed by atoms with van der Waals surface area (Å²) in [6.45, 7) is 17.7. The van der Waals surface area contributed by atoms with Crippen LogP contribution in [0.4, 0.5) is 5.69 Å². The number of rotatable bonds is 23. The molecule has 2 amide bonds. The highest BCUT2D eigenvalue weighted by Crippen LogP contribution is 2.50. The quantitative estimate of drug-likeness (QED) is 0.0374. The van der Waals surface area contributed by atoms with E-state index < -0.39 is 62.6 Å². The van der Waals surface area contributed by atoms with Crippen molar-refractivity contribution in [3.8, 4) is 0 Å². The second-order valence-electron chi connectivity index (χ2n) is 14.0. The summed E-state index contributed by atoms with van der Waals surface area (Å²) in [4.78, 5) is 49.8. The van der Waals surface area contributed by atoms with Crippen molar-refractivity contribution >= 4 is 45.4 Å². The molecule has 14 nitrogen and oxygen atoms in total. The maximum absolute atomic E-state index is 13.0. The number of aliphatic hydroxyl groups excluding tert-OH is 1. The standard InChI is InChI=1S/C21H25N3O10S2.C16H36N/c1-11-17-16(12(2)25)20(27)23(17)18(19(11)35-10-15(26)22-7-8-36(31,32)33)21(28)34-9-13-3-5-14(6-4-13)24(29)30;1-5-9-13-17(14-10-6-2,15-11-7-3)16-12-8-4/h3-6,11-12,16-17,25H,7-10H2,1-2H3,(H,22,26)(H,31,32,33);5-16H2,1-4H3/q;+1/p-1/t11-,12-,16-,17-;/m1./s1. The Kier molecular flexibility index (Phi) is 19.4. The summed E-state index contributed by atoms with van der Waals surface area (Å²) in [5.41, 5.74) is 0.312. The van der Waals surface area contributed by atoms with E-state index in [-0.39, 0.29) is 30.3 Å². The lowest BCUT2D eigenvalue weighted by molar-refractivity contribution is -0.929. The van der Waals surface area contributed by atoms with E-state index in [1.165, 1.54) is 118 Å². The Morgan fingerprint density at radius 3 is 1.94 bits per heavy atom. The van der Waals surface area contributed by atoms with Crippen LogP contribution in [0, 0.1) is 22.0 Å². The Balaban J connectivity index is 0.000000482. The Labute approximate surface area is 319 Å². The van der Waals surface area contributed by atoms with Gasteiger partial charge in [0.25, 0.3) is 5.69 Å². The SMILES string of the molecule is CCCC[N+](CCCC)(CCCC)CCCC.C[C@@H](O)[C@H]1C(=O)N2C(C(=O)OCc3ccc([N+](=O)[O-])cc3)=C(SCC(=O)NCCS(=O)(=O)[O-])[C@H](C)[C@H]12. The number of fused-ring (bicyclic) bond motifs is 1. The van der Waals surface area contributed by atoms with Gasteiger partial charge in [-0.05, 0) is 50.3 Å². The number of carbonyl (C=O) groups is 3. The zero-order chi connectivity index (χ0) is 39.8. The lowest BCUT2D eigenvalue weighted by atomic mass is 9.79. The van der Waals surface area contributed by atoms with Crippen LogP contribution in [-0.4, -0.2) is 107 Å². The van der Waals surface area contributed by atoms with Gasteiger partial charge in [-0.3, -0.25) is 19.7 Å². The fourth-order valence-corrected chi connectivity index (χ4v) is 8.25. The number of nitrogens with zero attached hydrogens (tertiary/aromatic N) is 3. The number of aliphatic hydroxyl groups is 1. The molecule has 53 heavy (non-hydrogen) atoms. The minimum atomic E-state index is -4.49. The van der Waals surface area contributed by atoms with Crippen molar-refractivity contribution in [2.45, 2.75) is 112 Å². The van der Waals surface area contributed by atoms with Crippen molar-refractivity contribution in [3.63, 3.8) is 0 Å². The van der Waals surface area contributed by atoms with Gasteiger partial charge < -0.3 is 29.1 Å². The van der Waals surface area contributed by atoms with Crippen LogP contribution in [0.3, 0.4) is 0 Å². The number of ether oxygens (including phenoxy) is 1. The van der Waals surface area contributed by atoms with Gasteiger partial charge in [0.2, 0.25) is 11.8 Å². The molecule has 16 heteroatoms. The van der Waals surface area contributed by atoms with Gasteiger partial charge in [-0.25, -0.2) is 13.2 Å². The number of benzene rings is 1. The van der Waals surface area contributed by atoms with Crippen molar-refractivity contribution in [1.29, 1.82) is 0 Å². The van der Waals surface area contributed by atoms with E-state index >= 15 is 0 Å². The Morgan fingerprint density at radius 2 is 1.51 bits per heavy atom. The molecule has 0 radical (unpaired) electrons. The summed E-state index contributed by atoms with van der Waals surface area (Å²) < 4.78 is 38.8. The predicted molar refractivity (Wildman–Crippen MR) is 204 cm³/mol. The number of nitro groups is 1. The highest BCUT2D eigenvalue weighted by molar-refractivity contribution is 8.03. The van der Waals surface area contributed by atoms with Gasteiger partial charge in [-0.15, -0.1) is 11.8 Å². The fourth-order valence-electron chi connectivity index (χ4n) is 6.79. The topological polar surface area (TPSA) is 196 Å². The molecule has 1 aromatic rings. The molecule has 0 aliphatic carbocycles. The van der Waals surface area contributed by atoms with E-state index in [0.29, 0.717) is 10.5 Å². The molecule has 1 saturated heterocycles. The zero-order valence-electron chi connectivity index (χ0n) is 32.2. The number of amides is 2. The summed E-state index contributed by atoms with van der Waals surface area (Å²) in [6, 6.07) is 4.89. The van der Waals surface area contributed by atoms with Crippen molar-refractivity contribution in [3.05, 3.63) is 50.5 Å². The number of quaternary nitrogens is 1. The predicted octanol–water partition coefficient (Wildman–Crippen LogP) is 5.11. The van der Waals surface area contributed by atoms with Gasteiger partial charge in [0, 0.05) is 29.5 Å². The minimum absolute atomic E-state index is 0.0451. The smallest absolute Gasteiger partial charge is 0.356 e. The molecular weight excluding hydrogens is 725 g/mol. The molecule has 0 unspecified atom stereocenters. The van der Waals surface area contributed by atoms with E-state index in [9.17, 15) is 42.6 Å². The van der Waals surface area contributed by atoms with Gasteiger partial charge in [0.1, 0.15) is 12.3 Å². The van der Waals surface area contributed by atoms with Crippen molar-refractivity contribution in [2.24, 2.45) is 11.8 Å². The normalized spacial score (nSPS) is 18.8. The number of nitrogens with one attached hydrogen (secondary N) is 1. The first kappa shape index (κ1) is 46.1. The number of thioether (sulfide) groups is 1. The lowest BCUT2D eigenvalue weighted by Gasteiger charge is -2.46. The third-order valence-electron chi connectivity index (χ3n) is 9.80. The Morgan fingerprint density at radius 1 is 1.00 bits per heavy atom. The monoisotopic (exact) mass is 784 g/mol. The van der Waals surface area contributed by atoms with E-state index in [2.05, 4.69) is 33.0 Å². The number of esters is 1. The van der Waals surface area contributed by atoms with Gasteiger partial charge in [-0.1, -0.05) is 60.3 Å². The maximum atomic E-state index is 13.0. The molecule has 0 bridgehead atoms. The molecule has 2 aliphatic heterocycles. The van der Waals surface area contributed by atoms with Crippen molar-refractivity contribution in [1.82, 2.24) is 10.2 Å². The van der Waals surface area contributed by atoms with Gasteiger partial charge >= 0.3 is 5.97 Å². The number of non-ortho nitro benzene ring substituents is 1. The molecule has 300 valence electrons. The first-order valence-corrected chi connectivity index (χ1v) is 21.5. The number of β-lactam (4-membered cyclic amide) rings is 1. The Bertz CT molecular complexity index is 1460. The molecule has 0 spiro atoms. The molecule has 3 rings (SSSR count). The van der Waals surface area contributed by atoms with E-state index in [1.54, 1.807) is 6.92 Å². The molecule has 0 saturated carbocycles. The van der Waals surface area contributed by atoms with Crippen molar-refractivity contribution < 1.29 is 46.6 Å². The molecule has 0 aromatic heterocycles. The molecule has 1 aromatic carbocycles. The third kappa shape index (κ3) is 13.9. The van der Waals surface area contributed by atoms with E-state index in [0.717, 1.165) is 11.8 Å². The molecule has 4 atom stereocenters. The third-order valence-corrected chi connectivity index (χ3v) is 11.8. The molecular formula is C37H60N4O10S2. The second kappa shape index (κ2) is 22.4. The summed E-state index contributed by atoms with van der Waals surface area (Å²) >= 11 is 0.973. The fraction of sp³-hybridized carbons (Fsp3) is 0.703. The van der Waals surface area contributed by atoms with E-state index in [4.69, 9.17) is 4.74 Å². The van der Waals surface area contributed by atoms with Crippen LogP contribution < -0.4 is 5.32 Å². The van der Waals surface area contributed by atoms with Crippen molar-refractivity contribution in [2.75, 3.05) is 44.2 Å². The molecule has 2 N–H and O–H groups in total. The zero-order valence-corrected chi connectivity index (χ0v) is 33.8. The van der Waals surface area contributed by atoms with Gasteiger partial charge in [0.15, 0.2) is 0 Å². The second-order valence-corrected chi connectivity index (χ2v) is 16.6. The highest BCUT2D eigenvalue weighted by Gasteiger charge is 2.60. The molecule has 2 aliphatic rings. The van der Waals surface area contributed by atoms with Crippen LogP contribution in [0.1, 0.15) is 98.5 Å². The maximum Gasteiger partial charge on any atom is 0.356 e. The van der Waals surface area contributed by atoms with Gasteiger partial charge in [-0.2, -0.15) is 0 Å². The van der Waals surface area contributed by atoms with Crippen LogP contribution in [0.5, 0.6) is 0 Å². The highest BCUT2D eigenvalue weighted by atomic mass is 32.2. The average molecular weight is 785 g/mol. The summed E-state index contributed by atoms with van der Waals surface area (Å²) in [6.07, 6.45) is 10.1. The number of hydrogen-bond donors (Lipinski definition) is 2.